The number of aromatic nitrogens is 2. The minimum absolute atomic E-state index is 0.0145. The lowest BCUT2D eigenvalue weighted by molar-refractivity contribution is -0.385. The largest absolute Gasteiger partial charge is 0.486 e. The van der Waals surface area contributed by atoms with E-state index in [9.17, 15) is 14.9 Å². The molecule has 0 radical (unpaired) electrons. The van der Waals surface area contributed by atoms with Gasteiger partial charge in [-0.25, -0.2) is 4.98 Å². The zero-order valence-electron chi connectivity index (χ0n) is 17.1. The number of rotatable bonds is 7. The first kappa shape index (κ1) is 23.1. The van der Waals surface area contributed by atoms with Gasteiger partial charge in [0.15, 0.2) is 0 Å². The first-order chi connectivity index (χ1) is 14.8. The molecule has 0 aliphatic heterocycles. The summed E-state index contributed by atoms with van der Waals surface area (Å²) in [5.41, 5.74) is 0.540. The van der Waals surface area contributed by atoms with Crippen molar-refractivity contribution in [2.45, 2.75) is 33.1 Å². The first-order valence-corrected chi connectivity index (χ1v) is 11.2. The number of hydrogen-bond acceptors (Lipinski definition) is 6. The third-order valence-corrected chi connectivity index (χ3v) is 5.82. The Morgan fingerprint density at radius 2 is 2.03 bits per heavy atom. The second kappa shape index (κ2) is 9.69. The highest BCUT2D eigenvalue weighted by molar-refractivity contribution is 9.10. The van der Waals surface area contributed by atoms with Gasteiger partial charge in [0.2, 0.25) is 5.75 Å². The zero-order chi connectivity index (χ0) is 22.7. The summed E-state index contributed by atoms with van der Waals surface area (Å²) >= 11 is 6.70. The fourth-order valence-electron chi connectivity index (χ4n) is 3.00. The lowest BCUT2D eigenvalue weighted by atomic mass is 10.1. The number of fused-ring (bicyclic) bond motifs is 1. The van der Waals surface area contributed by atoms with Crippen LogP contribution in [0.4, 0.5) is 5.69 Å². The van der Waals surface area contributed by atoms with Crippen LogP contribution in [0.3, 0.4) is 0 Å². The van der Waals surface area contributed by atoms with E-state index in [-0.39, 0.29) is 22.9 Å². The molecule has 0 unspecified atom stereocenters. The van der Waals surface area contributed by atoms with Crippen molar-refractivity contribution in [2.75, 3.05) is 6.61 Å². The summed E-state index contributed by atoms with van der Waals surface area (Å²) < 4.78 is 7.84. The molecule has 3 aromatic rings. The quantitative estimate of drug-likeness (QED) is 0.215. The molecule has 162 valence electrons. The highest BCUT2D eigenvalue weighted by Crippen LogP contribution is 2.36. The van der Waals surface area contributed by atoms with Crippen molar-refractivity contribution in [2.24, 2.45) is 5.10 Å². The minimum atomic E-state index is -0.515. The molecule has 0 saturated heterocycles. The van der Waals surface area contributed by atoms with Crippen molar-refractivity contribution in [3.63, 3.8) is 0 Å². The Hall–Kier alpha value is -2.59. The molecule has 1 atom stereocenters. The van der Waals surface area contributed by atoms with E-state index in [1.807, 2.05) is 19.9 Å². The maximum Gasteiger partial charge on any atom is 0.312 e. The van der Waals surface area contributed by atoms with Gasteiger partial charge in [0.25, 0.3) is 5.56 Å². The molecule has 0 bridgehead atoms. The fraction of sp³-hybridized carbons (Fsp3) is 0.286. The summed E-state index contributed by atoms with van der Waals surface area (Å²) in [5, 5.41) is 16.3. The van der Waals surface area contributed by atoms with Gasteiger partial charge in [0.1, 0.15) is 5.82 Å². The Bertz CT molecular complexity index is 1240. The van der Waals surface area contributed by atoms with Crippen molar-refractivity contribution in [1.29, 1.82) is 0 Å². The monoisotopic (exact) mass is 550 g/mol. The average Bonchev–Trinajstić information content (AvgIpc) is 2.74. The van der Waals surface area contributed by atoms with E-state index < -0.39 is 4.92 Å². The van der Waals surface area contributed by atoms with Crippen LogP contribution in [0.1, 0.15) is 44.5 Å². The van der Waals surface area contributed by atoms with Gasteiger partial charge >= 0.3 is 5.69 Å². The third-order valence-electron chi connectivity index (χ3n) is 4.74. The van der Waals surface area contributed by atoms with E-state index in [0.717, 1.165) is 10.9 Å². The van der Waals surface area contributed by atoms with Crippen molar-refractivity contribution < 1.29 is 9.66 Å². The van der Waals surface area contributed by atoms with Crippen LogP contribution in [0.5, 0.6) is 5.75 Å². The van der Waals surface area contributed by atoms with Gasteiger partial charge in [-0.15, -0.1) is 0 Å². The topological polar surface area (TPSA) is 99.6 Å². The van der Waals surface area contributed by atoms with Crippen LogP contribution >= 0.6 is 31.9 Å². The van der Waals surface area contributed by atoms with Gasteiger partial charge in [0, 0.05) is 22.0 Å². The lowest BCUT2D eigenvalue weighted by Crippen LogP contribution is -2.23. The van der Waals surface area contributed by atoms with Crippen molar-refractivity contribution in [3.8, 4) is 5.75 Å². The van der Waals surface area contributed by atoms with Crippen molar-refractivity contribution >= 4 is 54.7 Å². The summed E-state index contributed by atoms with van der Waals surface area (Å²) in [7, 11) is 0. The Morgan fingerprint density at radius 1 is 1.29 bits per heavy atom. The molecule has 8 nitrogen and oxygen atoms in total. The molecule has 0 N–H and O–H groups in total. The molecule has 10 heteroatoms. The van der Waals surface area contributed by atoms with Gasteiger partial charge < -0.3 is 4.74 Å². The molecule has 1 heterocycles. The molecule has 0 aliphatic carbocycles. The lowest BCUT2D eigenvalue weighted by Gasteiger charge is -2.14. The molecular weight excluding hydrogens is 532 g/mol. The van der Waals surface area contributed by atoms with Gasteiger partial charge in [-0.05, 0) is 53.5 Å². The second-order valence-electron chi connectivity index (χ2n) is 6.84. The van der Waals surface area contributed by atoms with E-state index >= 15 is 0 Å². The summed E-state index contributed by atoms with van der Waals surface area (Å²) in [4.78, 5) is 28.8. The Labute approximate surface area is 195 Å². The molecule has 2 aromatic carbocycles. The standard InChI is InChI=1S/C21H20Br2N4O4/c1-4-12(3)20-25-17-7-6-14(22)10-15(17)21(28)26(20)24-11-13-8-16(23)19(31-5-2)18(9-13)27(29)30/h6-12H,4-5H2,1-3H3/t12-/m1/s1. The Kier molecular flexibility index (Phi) is 7.22. The highest BCUT2D eigenvalue weighted by Gasteiger charge is 2.20. The van der Waals surface area contributed by atoms with Crippen LogP contribution in [0.25, 0.3) is 10.9 Å². The van der Waals surface area contributed by atoms with Crippen molar-refractivity contribution in [3.05, 3.63) is 71.1 Å². The number of hydrogen-bond donors (Lipinski definition) is 0. The van der Waals surface area contributed by atoms with Crippen LogP contribution in [0.15, 0.2) is 49.2 Å². The minimum Gasteiger partial charge on any atom is -0.486 e. The van der Waals surface area contributed by atoms with E-state index in [0.29, 0.717) is 33.4 Å². The number of benzene rings is 2. The van der Waals surface area contributed by atoms with E-state index in [1.54, 1.807) is 25.1 Å². The SMILES string of the molecule is CCOc1c(Br)cc(C=Nn2c([C@H](C)CC)nc3ccc(Br)cc3c2=O)cc1[N+](=O)[O-]. The van der Waals surface area contributed by atoms with E-state index in [1.165, 1.54) is 17.0 Å². The number of ether oxygens (including phenoxy) is 1. The number of nitro benzene ring substituents is 1. The van der Waals surface area contributed by atoms with Crippen LogP contribution < -0.4 is 10.3 Å². The average molecular weight is 552 g/mol. The molecule has 1 aromatic heterocycles. The van der Waals surface area contributed by atoms with Gasteiger partial charge in [-0.1, -0.05) is 29.8 Å². The fourth-order valence-corrected chi connectivity index (χ4v) is 3.94. The molecular formula is C21H20Br2N4O4. The highest BCUT2D eigenvalue weighted by atomic mass is 79.9. The zero-order valence-corrected chi connectivity index (χ0v) is 20.3. The normalized spacial score (nSPS) is 12.4. The third kappa shape index (κ3) is 4.85. The van der Waals surface area contributed by atoms with Gasteiger partial charge in [0.05, 0.1) is 33.1 Å². The van der Waals surface area contributed by atoms with Gasteiger partial charge in [-0.3, -0.25) is 14.9 Å². The number of halogens is 2. The molecule has 0 amide bonds. The maximum atomic E-state index is 13.2. The Balaban J connectivity index is 2.17. The predicted molar refractivity (Wildman–Crippen MR) is 127 cm³/mol. The molecule has 0 fully saturated rings. The van der Waals surface area contributed by atoms with Crippen LogP contribution in [-0.4, -0.2) is 27.4 Å². The molecule has 0 aliphatic rings. The maximum absolute atomic E-state index is 13.2. The van der Waals surface area contributed by atoms with E-state index in [4.69, 9.17) is 4.74 Å². The van der Waals surface area contributed by atoms with Crippen LogP contribution in [0.2, 0.25) is 0 Å². The molecule has 0 saturated carbocycles. The second-order valence-corrected chi connectivity index (χ2v) is 8.61. The molecule has 0 spiro atoms. The Morgan fingerprint density at radius 3 is 2.68 bits per heavy atom. The smallest absolute Gasteiger partial charge is 0.312 e. The van der Waals surface area contributed by atoms with Crippen LogP contribution in [-0.2, 0) is 0 Å². The number of nitro groups is 1. The summed E-state index contributed by atoms with van der Waals surface area (Å²) in [6.07, 6.45) is 2.18. The number of nitrogens with zero attached hydrogens (tertiary/aromatic N) is 4. The summed E-state index contributed by atoms with van der Waals surface area (Å²) in [6.45, 7) is 6.01. The van der Waals surface area contributed by atoms with E-state index in [2.05, 4.69) is 41.9 Å². The van der Waals surface area contributed by atoms with Crippen molar-refractivity contribution in [1.82, 2.24) is 9.66 Å². The van der Waals surface area contributed by atoms with Crippen LogP contribution in [0, 0.1) is 10.1 Å². The van der Waals surface area contributed by atoms with Gasteiger partial charge in [-0.2, -0.15) is 9.78 Å². The predicted octanol–water partition coefficient (Wildman–Crippen LogP) is 5.62. The summed E-state index contributed by atoms with van der Waals surface area (Å²) in [5.74, 6) is 0.664. The molecule has 3 rings (SSSR count). The molecule has 31 heavy (non-hydrogen) atoms. The first-order valence-electron chi connectivity index (χ1n) is 9.64. The summed E-state index contributed by atoms with van der Waals surface area (Å²) in [6, 6.07) is 8.33.